The zero-order valence-corrected chi connectivity index (χ0v) is 12.2. The third kappa shape index (κ3) is 3.52. The summed E-state index contributed by atoms with van der Waals surface area (Å²) in [4.78, 5) is 11.6. The maximum atomic E-state index is 13.8. The third-order valence-corrected chi connectivity index (χ3v) is 3.59. The number of halogens is 2. The van der Waals surface area contributed by atoms with Crippen molar-refractivity contribution in [2.45, 2.75) is 18.9 Å². The monoisotopic (exact) mass is 307 g/mol. The average molecular weight is 308 g/mol. The molecule has 0 bridgehead atoms. The predicted octanol–water partition coefficient (Wildman–Crippen LogP) is 3.98. The lowest BCUT2D eigenvalue weighted by Gasteiger charge is -2.28. The summed E-state index contributed by atoms with van der Waals surface area (Å²) in [5, 5.41) is 12.8. The van der Waals surface area contributed by atoms with Crippen molar-refractivity contribution in [3.63, 3.8) is 0 Å². The summed E-state index contributed by atoms with van der Waals surface area (Å²) in [5.74, 6) is -1.50. The van der Waals surface area contributed by atoms with Crippen molar-refractivity contribution in [1.82, 2.24) is 0 Å². The molecule has 5 heteroatoms. The second-order valence-electron chi connectivity index (χ2n) is 5.01. The summed E-state index contributed by atoms with van der Waals surface area (Å²) >= 11 is 6.04. The van der Waals surface area contributed by atoms with Crippen LogP contribution in [0.25, 0.3) is 0 Å². The molecule has 0 aliphatic heterocycles. The molecule has 0 saturated heterocycles. The van der Waals surface area contributed by atoms with E-state index in [0.717, 1.165) is 0 Å². The first-order valence-corrected chi connectivity index (χ1v) is 6.80. The van der Waals surface area contributed by atoms with Crippen LogP contribution in [0.3, 0.4) is 0 Å². The van der Waals surface area contributed by atoms with Gasteiger partial charge in [-0.25, -0.2) is 9.18 Å². The number of carboxylic acids is 1. The number of nitrogens with one attached hydrogen (secondary N) is 1. The Balaban J connectivity index is 2.31. The summed E-state index contributed by atoms with van der Waals surface area (Å²) in [7, 11) is 0. The second kappa shape index (κ2) is 6.14. The first-order valence-electron chi connectivity index (χ1n) is 6.42. The van der Waals surface area contributed by atoms with Crippen LogP contribution in [0, 0.1) is 5.82 Å². The van der Waals surface area contributed by atoms with E-state index in [2.05, 4.69) is 5.32 Å². The number of carbonyl (C=O) groups is 1. The van der Waals surface area contributed by atoms with Crippen molar-refractivity contribution in [3.8, 4) is 0 Å². The van der Waals surface area contributed by atoms with E-state index in [1.807, 2.05) is 0 Å². The van der Waals surface area contributed by atoms with Gasteiger partial charge in [0.15, 0.2) is 0 Å². The lowest BCUT2D eigenvalue weighted by atomic mass is 9.92. The fourth-order valence-electron chi connectivity index (χ4n) is 2.06. The minimum absolute atomic E-state index is 0.000228. The molecule has 0 aromatic heterocycles. The highest BCUT2D eigenvalue weighted by Crippen LogP contribution is 2.27. The minimum Gasteiger partial charge on any atom is -0.480 e. The number of benzene rings is 2. The maximum absolute atomic E-state index is 13.8. The summed E-state index contributed by atoms with van der Waals surface area (Å²) in [6.07, 6.45) is 0.000228. The number of hydrogen-bond donors (Lipinski definition) is 2. The van der Waals surface area contributed by atoms with Gasteiger partial charge < -0.3 is 10.4 Å². The molecule has 1 unspecified atom stereocenters. The molecule has 2 aromatic carbocycles. The molecule has 110 valence electrons. The van der Waals surface area contributed by atoms with E-state index in [-0.39, 0.29) is 6.42 Å². The van der Waals surface area contributed by atoms with Gasteiger partial charge in [0, 0.05) is 6.42 Å². The molecule has 2 rings (SSSR count). The molecule has 21 heavy (non-hydrogen) atoms. The second-order valence-corrected chi connectivity index (χ2v) is 5.42. The molecule has 0 saturated carbocycles. The van der Waals surface area contributed by atoms with Crippen LogP contribution >= 0.6 is 11.6 Å². The predicted molar refractivity (Wildman–Crippen MR) is 81.2 cm³/mol. The van der Waals surface area contributed by atoms with Crippen LogP contribution in [-0.4, -0.2) is 16.6 Å². The summed E-state index contributed by atoms with van der Waals surface area (Å²) < 4.78 is 13.8. The van der Waals surface area contributed by atoms with Crippen molar-refractivity contribution >= 4 is 23.3 Å². The Morgan fingerprint density at radius 2 is 1.86 bits per heavy atom. The molecule has 1 atom stereocenters. The van der Waals surface area contributed by atoms with E-state index in [9.17, 15) is 14.3 Å². The molecule has 0 spiro atoms. The molecular formula is C16H15ClFNO2. The molecule has 2 aromatic rings. The zero-order valence-electron chi connectivity index (χ0n) is 11.4. The molecule has 0 aliphatic rings. The Labute approximate surface area is 127 Å². The molecular weight excluding hydrogens is 293 g/mol. The minimum atomic E-state index is -1.37. The van der Waals surface area contributed by atoms with Gasteiger partial charge in [-0.3, -0.25) is 0 Å². The number of para-hydroxylation sites is 1. The number of carboxylic acid groups (broad SMARTS) is 1. The fourth-order valence-corrected chi connectivity index (χ4v) is 2.24. The lowest BCUT2D eigenvalue weighted by Crippen LogP contribution is -2.45. The van der Waals surface area contributed by atoms with Gasteiger partial charge in [0.05, 0.1) is 10.7 Å². The van der Waals surface area contributed by atoms with Gasteiger partial charge >= 0.3 is 5.97 Å². The molecule has 0 radical (unpaired) electrons. The lowest BCUT2D eigenvalue weighted by molar-refractivity contribution is -0.141. The molecule has 2 N–H and O–H groups in total. The van der Waals surface area contributed by atoms with Crippen molar-refractivity contribution in [2.75, 3.05) is 5.32 Å². The van der Waals surface area contributed by atoms with E-state index in [0.29, 0.717) is 16.3 Å². The Kier molecular flexibility index (Phi) is 4.48. The first-order chi connectivity index (χ1) is 9.92. The number of aliphatic carboxylic acids is 1. The number of rotatable bonds is 5. The van der Waals surface area contributed by atoms with Gasteiger partial charge in [-0.05, 0) is 30.7 Å². The molecule has 0 aliphatic carbocycles. The SMILES string of the molecule is CC(Cc1ccccc1F)(Nc1ccccc1Cl)C(=O)O. The van der Waals surface area contributed by atoms with E-state index in [1.165, 1.54) is 13.0 Å². The van der Waals surface area contributed by atoms with E-state index >= 15 is 0 Å². The topological polar surface area (TPSA) is 49.3 Å². The van der Waals surface area contributed by atoms with Crippen LogP contribution in [0.15, 0.2) is 48.5 Å². The maximum Gasteiger partial charge on any atom is 0.329 e. The highest BCUT2D eigenvalue weighted by atomic mass is 35.5. The first kappa shape index (κ1) is 15.3. The van der Waals surface area contributed by atoms with Crippen LogP contribution in [0.2, 0.25) is 5.02 Å². The zero-order chi connectivity index (χ0) is 15.5. The van der Waals surface area contributed by atoms with Crippen LogP contribution in [0.4, 0.5) is 10.1 Å². The Morgan fingerprint density at radius 3 is 2.48 bits per heavy atom. The van der Waals surface area contributed by atoms with Crippen LogP contribution in [-0.2, 0) is 11.2 Å². The van der Waals surface area contributed by atoms with E-state index < -0.39 is 17.3 Å². The van der Waals surface area contributed by atoms with Crippen LogP contribution in [0.5, 0.6) is 0 Å². The number of hydrogen-bond acceptors (Lipinski definition) is 2. The van der Waals surface area contributed by atoms with E-state index in [4.69, 9.17) is 11.6 Å². The van der Waals surface area contributed by atoms with Crippen molar-refractivity contribution in [2.24, 2.45) is 0 Å². The van der Waals surface area contributed by atoms with Gasteiger partial charge in [-0.1, -0.05) is 41.9 Å². The smallest absolute Gasteiger partial charge is 0.329 e. The number of anilines is 1. The third-order valence-electron chi connectivity index (χ3n) is 3.26. The van der Waals surface area contributed by atoms with Gasteiger partial charge in [0.2, 0.25) is 0 Å². The van der Waals surface area contributed by atoms with Gasteiger partial charge in [-0.2, -0.15) is 0 Å². The summed E-state index contributed by atoms with van der Waals surface area (Å²) in [6, 6.07) is 13.0. The molecule has 3 nitrogen and oxygen atoms in total. The Morgan fingerprint density at radius 1 is 1.24 bits per heavy atom. The highest BCUT2D eigenvalue weighted by Gasteiger charge is 2.34. The van der Waals surface area contributed by atoms with Crippen molar-refractivity contribution in [1.29, 1.82) is 0 Å². The largest absolute Gasteiger partial charge is 0.480 e. The fraction of sp³-hybridized carbons (Fsp3) is 0.188. The van der Waals surface area contributed by atoms with Gasteiger partial charge in [0.25, 0.3) is 0 Å². The van der Waals surface area contributed by atoms with Gasteiger partial charge in [0.1, 0.15) is 11.4 Å². The normalized spacial score (nSPS) is 13.5. The quantitative estimate of drug-likeness (QED) is 0.878. The summed E-state index contributed by atoms with van der Waals surface area (Å²) in [6.45, 7) is 1.51. The standard InChI is InChI=1S/C16H15ClFNO2/c1-16(15(20)21,10-11-6-2-4-8-13(11)18)19-14-9-5-3-7-12(14)17/h2-9,19H,10H2,1H3,(H,20,21). The van der Waals surface area contributed by atoms with Crippen LogP contribution < -0.4 is 5.32 Å². The van der Waals surface area contributed by atoms with Crippen molar-refractivity contribution < 1.29 is 14.3 Å². The van der Waals surface area contributed by atoms with Gasteiger partial charge in [-0.15, -0.1) is 0 Å². The van der Waals surface area contributed by atoms with Crippen molar-refractivity contribution in [3.05, 3.63) is 64.9 Å². The average Bonchev–Trinajstić information content (AvgIpc) is 2.44. The Bertz CT molecular complexity index is 613. The molecule has 0 fully saturated rings. The van der Waals surface area contributed by atoms with Crippen LogP contribution in [0.1, 0.15) is 12.5 Å². The molecule has 0 amide bonds. The molecule has 0 heterocycles. The van der Waals surface area contributed by atoms with E-state index in [1.54, 1.807) is 42.5 Å². The summed E-state index contributed by atoms with van der Waals surface area (Å²) in [5.41, 5.74) is -0.532. The highest BCUT2D eigenvalue weighted by molar-refractivity contribution is 6.33. The Hall–Kier alpha value is -2.07.